The molecule has 0 saturated carbocycles. The van der Waals surface area contributed by atoms with Gasteiger partial charge in [0.15, 0.2) is 0 Å². The van der Waals surface area contributed by atoms with Crippen molar-refractivity contribution in [3.05, 3.63) is 230 Å². The molecule has 13 aromatic rings. The van der Waals surface area contributed by atoms with E-state index >= 15 is 0 Å². The number of hydrogen-bond acceptors (Lipinski definition) is 1. The van der Waals surface area contributed by atoms with Gasteiger partial charge in [-0.05, 0) is 123 Å². The molecule has 1 aliphatic carbocycles. The minimum absolute atomic E-state index is 0.226. The normalized spacial score (nSPS) is 13.1. The van der Waals surface area contributed by atoms with Gasteiger partial charge in [0.1, 0.15) is 11.2 Å². The molecule has 0 N–H and O–H groups in total. The summed E-state index contributed by atoms with van der Waals surface area (Å²) in [6, 6.07) is 80.0. The van der Waals surface area contributed by atoms with Crippen LogP contribution in [0.25, 0.3) is 121 Å². The van der Waals surface area contributed by atoms with Crippen LogP contribution in [0.3, 0.4) is 0 Å². The Kier molecular flexibility index (Phi) is 7.74. The first-order valence-electron chi connectivity index (χ1n) is 22.9. The molecule has 0 radical (unpaired) electrons. The molecule has 14 rings (SSSR count). The lowest BCUT2D eigenvalue weighted by Gasteiger charge is -2.25. The highest BCUT2D eigenvalue weighted by atomic mass is 16.3. The van der Waals surface area contributed by atoms with Crippen molar-refractivity contribution in [2.75, 3.05) is 0 Å². The van der Waals surface area contributed by atoms with Gasteiger partial charge >= 0.3 is 0 Å². The zero-order valence-electron chi connectivity index (χ0n) is 36.6. The molecule has 3 heteroatoms. The van der Waals surface area contributed by atoms with Crippen LogP contribution in [0.4, 0.5) is 0 Å². The van der Waals surface area contributed by atoms with Crippen LogP contribution in [-0.2, 0) is 5.41 Å². The smallest absolute Gasteiger partial charge is 0.136 e. The van der Waals surface area contributed by atoms with Crippen LogP contribution in [0, 0.1) is 0 Å². The number of hydrogen-bond donors (Lipinski definition) is 0. The summed E-state index contributed by atoms with van der Waals surface area (Å²) in [5.74, 6) is 0. The number of benzene rings is 10. The van der Waals surface area contributed by atoms with Gasteiger partial charge in [0, 0.05) is 54.7 Å². The van der Waals surface area contributed by atoms with Crippen molar-refractivity contribution in [3.63, 3.8) is 0 Å². The fourth-order valence-corrected chi connectivity index (χ4v) is 11.6. The van der Waals surface area contributed by atoms with Crippen molar-refractivity contribution in [1.29, 1.82) is 0 Å². The Bertz CT molecular complexity index is 4110. The maximum absolute atomic E-state index is 6.75. The van der Waals surface area contributed by atoms with E-state index in [0.717, 1.165) is 44.4 Å². The molecule has 0 spiro atoms. The molecular formula is C63H42N2O. The molecule has 0 saturated heterocycles. The summed E-state index contributed by atoms with van der Waals surface area (Å²) < 4.78 is 11.7. The van der Waals surface area contributed by atoms with E-state index in [1.54, 1.807) is 0 Å². The molecule has 3 nitrogen and oxygen atoms in total. The van der Waals surface area contributed by atoms with Crippen LogP contribution in [0.5, 0.6) is 0 Å². The van der Waals surface area contributed by atoms with Gasteiger partial charge in [0.2, 0.25) is 0 Å². The lowest BCUT2D eigenvalue weighted by Crippen LogP contribution is -2.16. The molecule has 3 aromatic heterocycles. The van der Waals surface area contributed by atoms with E-state index in [1.807, 2.05) is 0 Å². The minimum Gasteiger partial charge on any atom is -0.456 e. The van der Waals surface area contributed by atoms with E-state index in [0.29, 0.717) is 0 Å². The first-order valence-corrected chi connectivity index (χ1v) is 22.9. The summed E-state index contributed by atoms with van der Waals surface area (Å²) in [5.41, 5.74) is 21.2. The SMILES string of the molecule is CC1(C)c2ccccc2-c2c1c(-c1ccccc1)cc1c3cc(-c4ccccc4)ccc3n(-c3ccc4oc5cccc(-c6ccc7c(c6)c6ccccc6n7-c6ccccc6)c5c4c3)c21. The lowest BCUT2D eigenvalue weighted by molar-refractivity contribution is 0.662. The number of fused-ring (bicyclic) bond motifs is 13. The maximum Gasteiger partial charge on any atom is 0.136 e. The average Bonchev–Trinajstić information content (AvgIpc) is 4.09. The highest BCUT2D eigenvalue weighted by molar-refractivity contribution is 6.20. The van der Waals surface area contributed by atoms with Gasteiger partial charge < -0.3 is 13.6 Å². The van der Waals surface area contributed by atoms with Gasteiger partial charge in [-0.15, -0.1) is 0 Å². The predicted octanol–water partition coefficient (Wildman–Crippen LogP) is 17.1. The first kappa shape index (κ1) is 37.0. The van der Waals surface area contributed by atoms with Gasteiger partial charge in [0.25, 0.3) is 0 Å². The van der Waals surface area contributed by atoms with Crippen LogP contribution in [-0.4, -0.2) is 9.13 Å². The zero-order chi connectivity index (χ0) is 43.7. The van der Waals surface area contributed by atoms with Crippen LogP contribution < -0.4 is 0 Å². The third-order valence-corrected chi connectivity index (χ3v) is 14.5. The van der Waals surface area contributed by atoms with Crippen molar-refractivity contribution >= 4 is 65.6 Å². The number of aromatic nitrogens is 2. The van der Waals surface area contributed by atoms with Crippen molar-refractivity contribution in [1.82, 2.24) is 9.13 Å². The Morgan fingerprint density at radius 1 is 0.364 bits per heavy atom. The quantitative estimate of drug-likeness (QED) is 0.169. The van der Waals surface area contributed by atoms with Gasteiger partial charge in [-0.2, -0.15) is 0 Å². The van der Waals surface area contributed by atoms with Crippen molar-refractivity contribution in [2.45, 2.75) is 19.3 Å². The second-order valence-corrected chi connectivity index (χ2v) is 18.4. The number of nitrogens with zero attached hydrogens (tertiary/aromatic N) is 2. The monoisotopic (exact) mass is 842 g/mol. The van der Waals surface area contributed by atoms with Gasteiger partial charge in [-0.1, -0.05) is 159 Å². The fourth-order valence-electron chi connectivity index (χ4n) is 11.6. The Labute approximate surface area is 382 Å². The summed E-state index contributed by atoms with van der Waals surface area (Å²) in [5, 5.41) is 7.15. The highest BCUT2D eigenvalue weighted by Gasteiger charge is 2.40. The topological polar surface area (TPSA) is 23.0 Å². The summed E-state index contributed by atoms with van der Waals surface area (Å²) in [7, 11) is 0. The zero-order valence-corrected chi connectivity index (χ0v) is 36.6. The lowest BCUT2D eigenvalue weighted by atomic mass is 9.78. The van der Waals surface area contributed by atoms with Crippen LogP contribution in [0.1, 0.15) is 25.0 Å². The third kappa shape index (κ3) is 5.20. The third-order valence-electron chi connectivity index (χ3n) is 14.5. The summed E-state index contributed by atoms with van der Waals surface area (Å²) in [6.45, 7) is 4.80. The van der Waals surface area contributed by atoms with E-state index in [9.17, 15) is 0 Å². The van der Waals surface area contributed by atoms with Crippen molar-refractivity contribution in [2.24, 2.45) is 0 Å². The summed E-state index contributed by atoms with van der Waals surface area (Å²) in [4.78, 5) is 0. The van der Waals surface area contributed by atoms with Gasteiger partial charge in [0.05, 0.1) is 22.1 Å². The van der Waals surface area contributed by atoms with Gasteiger partial charge in [-0.25, -0.2) is 0 Å². The molecular weight excluding hydrogens is 801 g/mol. The minimum atomic E-state index is -0.226. The highest BCUT2D eigenvalue weighted by Crippen LogP contribution is 2.56. The van der Waals surface area contributed by atoms with E-state index in [2.05, 4.69) is 241 Å². The van der Waals surface area contributed by atoms with E-state index < -0.39 is 0 Å². The maximum atomic E-state index is 6.75. The number of rotatable bonds is 5. The molecule has 3 heterocycles. The molecule has 0 aliphatic heterocycles. The molecule has 1 aliphatic rings. The van der Waals surface area contributed by atoms with Crippen LogP contribution in [0.2, 0.25) is 0 Å². The van der Waals surface area contributed by atoms with E-state index in [-0.39, 0.29) is 5.41 Å². The number of furan rings is 1. The molecule has 0 fully saturated rings. The van der Waals surface area contributed by atoms with Crippen molar-refractivity contribution < 1.29 is 4.42 Å². The molecule has 0 bridgehead atoms. The Balaban J connectivity index is 1.05. The molecule has 0 atom stereocenters. The van der Waals surface area contributed by atoms with E-state index in [4.69, 9.17) is 4.42 Å². The Morgan fingerprint density at radius 3 is 1.82 bits per heavy atom. The molecule has 66 heavy (non-hydrogen) atoms. The molecule has 0 amide bonds. The summed E-state index contributed by atoms with van der Waals surface area (Å²) >= 11 is 0. The Morgan fingerprint density at radius 2 is 1.00 bits per heavy atom. The second kappa shape index (κ2) is 13.8. The van der Waals surface area contributed by atoms with Crippen molar-refractivity contribution in [3.8, 4) is 55.9 Å². The van der Waals surface area contributed by atoms with Crippen LogP contribution >= 0.6 is 0 Å². The van der Waals surface area contributed by atoms with Gasteiger partial charge in [-0.3, -0.25) is 0 Å². The summed E-state index contributed by atoms with van der Waals surface area (Å²) in [6.07, 6.45) is 0. The predicted molar refractivity (Wildman–Crippen MR) is 276 cm³/mol. The average molecular weight is 843 g/mol. The standard InChI is InChI=1S/C63H42N2O/c1-63(2)53-26-14-12-24-47(53)60-61(63)48(40-19-8-4-9-20-40)38-51-50-35-41(39-17-6-3-7-18-39)29-32-56(50)65(62(51)60)44-31-34-57-52(37-44)59-45(25-16-28-58(59)66-57)42-30-33-55-49(36-42)46-23-13-15-27-54(46)64(55)43-21-10-5-11-22-43/h3-38H,1-2H3. The Hall–Kier alpha value is -8.40. The number of para-hydroxylation sites is 2. The largest absolute Gasteiger partial charge is 0.456 e. The fraction of sp³-hybridized carbons (Fsp3) is 0.0476. The van der Waals surface area contributed by atoms with Crippen LogP contribution in [0.15, 0.2) is 223 Å². The van der Waals surface area contributed by atoms with E-state index in [1.165, 1.54) is 88.1 Å². The molecule has 310 valence electrons. The molecule has 10 aromatic carbocycles. The second-order valence-electron chi connectivity index (χ2n) is 18.4. The molecule has 0 unspecified atom stereocenters. The first-order chi connectivity index (χ1) is 32.5.